The van der Waals surface area contributed by atoms with Gasteiger partial charge < -0.3 is 25.0 Å². The first kappa shape index (κ1) is 18.2. The quantitative estimate of drug-likeness (QED) is 0.827. The van der Waals surface area contributed by atoms with Gasteiger partial charge >= 0.3 is 0 Å². The number of methoxy groups -OCH3 is 1. The number of ether oxygens (including phenoxy) is 2. The fourth-order valence-corrected chi connectivity index (χ4v) is 2.80. The molecule has 0 saturated carbocycles. The van der Waals surface area contributed by atoms with E-state index in [1.54, 1.807) is 30.1 Å². The second kappa shape index (κ2) is 8.20. The highest BCUT2D eigenvalue weighted by molar-refractivity contribution is 6.32. The van der Waals surface area contributed by atoms with Crippen LogP contribution in [0.2, 0.25) is 5.02 Å². The molecule has 1 amide bonds. The van der Waals surface area contributed by atoms with Crippen molar-refractivity contribution >= 4 is 35.0 Å². The van der Waals surface area contributed by atoms with Crippen LogP contribution in [0, 0.1) is 0 Å². The Morgan fingerprint density at radius 3 is 2.81 bits per heavy atom. The molecule has 2 N–H and O–H groups in total. The van der Waals surface area contributed by atoms with Crippen LogP contribution in [-0.2, 0) is 4.74 Å². The molecule has 3 rings (SSSR count). The molecule has 1 saturated heterocycles. The Morgan fingerprint density at radius 1 is 1.35 bits per heavy atom. The zero-order valence-electron chi connectivity index (χ0n) is 14.6. The van der Waals surface area contributed by atoms with E-state index in [4.69, 9.17) is 21.1 Å². The number of anilines is 3. The second-order valence-electron chi connectivity index (χ2n) is 5.58. The zero-order valence-corrected chi connectivity index (χ0v) is 15.3. The van der Waals surface area contributed by atoms with Gasteiger partial charge in [-0.05, 0) is 12.1 Å². The molecule has 0 aliphatic carbocycles. The highest BCUT2D eigenvalue weighted by atomic mass is 35.5. The van der Waals surface area contributed by atoms with Crippen molar-refractivity contribution in [3.63, 3.8) is 0 Å². The molecular weight excluding hydrogens is 358 g/mol. The van der Waals surface area contributed by atoms with Gasteiger partial charge in [-0.2, -0.15) is 4.98 Å². The molecule has 1 aromatic heterocycles. The summed E-state index contributed by atoms with van der Waals surface area (Å²) in [6.07, 6.45) is 1.51. The van der Waals surface area contributed by atoms with Crippen LogP contribution in [0.15, 0.2) is 24.4 Å². The Kier molecular flexibility index (Phi) is 5.75. The van der Waals surface area contributed by atoms with Gasteiger partial charge in [0.2, 0.25) is 5.95 Å². The highest BCUT2D eigenvalue weighted by Gasteiger charge is 2.22. The van der Waals surface area contributed by atoms with Gasteiger partial charge in [-0.3, -0.25) is 4.79 Å². The highest BCUT2D eigenvalue weighted by Crippen LogP contribution is 2.27. The standard InChI is InChI=1S/C17H20ClN5O3/c1-19-15-13(18)10-20-17(22-15)21-11-3-4-12(14(9-11)25-2)16(24)23-5-7-26-8-6-23/h3-4,9-10H,5-8H2,1-2H3,(H2,19,20,21,22). The lowest BCUT2D eigenvalue weighted by Crippen LogP contribution is -2.40. The number of benzene rings is 1. The topological polar surface area (TPSA) is 88.6 Å². The number of morpholine rings is 1. The predicted molar refractivity (Wildman–Crippen MR) is 99.6 cm³/mol. The van der Waals surface area contributed by atoms with Crippen molar-refractivity contribution in [1.82, 2.24) is 14.9 Å². The summed E-state index contributed by atoms with van der Waals surface area (Å²) in [7, 11) is 3.26. The van der Waals surface area contributed by atoms with Gasteiger partial charge in [-0.15, -0.1) is 0 Å². The summed E-state index contributed by atoms with van der Waals surface area (Å²) in [6.45, 7) is 2.26. The smallest absolute Gasteiger partial charge is 0.257 e. The molecule has 8 nitrogen and oxygen atoms in total. The molecule has 0 spiro atoms. The minimum atomic E-state index is -0.0723. The molecule has 1 aromatic carbocycles. The van der Waals surface area contributed by atoms with Gasteiger partial charge in [0.15, 0.2) is 0 Å². The van der Waals surface area contributed by atoms with Crippen molar-refractivity contribution in [1.29, 1.82) is 0 Å². The average Bonchev–Trinajstić information content (AvgIpc) is 2.69. The Labute approximate surface area is 156 Å². The first-order valence-electron chi connectivity index (χ1n) is 8.14. The van der Waals surface area contributed by atoms with E-state index in [9.17, 15) is 4.79 Å². The third-order valence-corrected chi connectivity index (χ3v) is 4.24. The molecule has 1 aliphatic heterocycles. The van der Waals surface area contributed by atoms with E-state index in [1.165, 1.54) is 13.3 Å². The van der Waals surface area contributed by atoms with E-state index >= 15 is 0 Å². The third-order valence-electron chi connectivity index (χ3n) is 3.97. The van der Waals surface area contributed by atoms with Gasteiger partial charge in [-0.25, -0.2) is 4.98 Å². The second-order valence-corrected chi connectivity index (χ2v) is 5.99. The summed E-state index contributed by atoms with van der Waals surface area (Å²) >= 11 is 5.99. The number of nitrogens with one attached hydrogen (secondary N) is 2. The molecule has 0 unspecified atom stereocenters. The third kappa shape index (κ3) is 3.97. The lowest BCUT2D eigenvalue weighted by molar-refractivity contribution is 0.0301. The summed E-state index contributed by atoms with van der Waals surface area (Å²) in [5, 5.41) is 6.41. The van der Waals surface area contributed by atoms with Gasteiger partial charge in [0.05, 0.1) is 32.1 Å². The van der Waals surface area contributed by atoms with Crippen LogP contribution in [0.1, 0.15) is 10.4 Å². The minimum absolute atomic E-state index is 0.0723. The Hall–Kier alpha value is -2.58. The number of rotatable bonds is 5. The van der Waals surface area contributed by atoms with Gasteiger partial charge in [0, 0.05) is 31.9 Å². The average molecular weight is 378 g/mol. The van der Waals surface area contributed by atoms with Crippen LogP contribution < -0.4 is 15.4 Å². The van der Waals surface area contributed by atoms with Crippen molar-refractivity contribution in [3.05, 3.63) is 35.0 Å². The fourth-order valence-electron chi connectivity index (χ4n) is 2.61. The van der Waals surface area contributed by atoms with E-state index in [1.807, 2.05) is 0 Å². The van der Waals surface area contributed by atoms with Crippen LogP contribution in [0.25, 0.3) is 0 Å². The molecule has 0 bridgehead atoms. The van der Waals surface area contributed by atoms with E-state index in [-0.39, 0.29) is 5.91 Å². The maximum absolute atomic E-state index is 12.7. The summed E-state index contributed by atoms with van der Waals surface area (Å²) in [6, 6.07) is 5.26. The van der Waals surface area contributed by atoms with Crippen molar-refractivity contribution < 1.29 is 14.3 Å². The number of hydrogen-bond acceptors (Lipinski definition) is 7. The van der Waals surface area contributed by atoms with E-state index in [0.717, 1.165) is 0 Å². The van der Waals surface area contributed by atoms with Gasteiger partial charge in [0.1, 0.15) is 16.6 Å². The van der Waals surface area contributed by atoms with Crippen molar-refractivity contribution in [2.45, 2.75) is 0 Å². The zero-order chi connectivity index (χ0) is 18.5. The maximum atomic E-state index is 12.7. The van der Waals surface area contributed by atoms with E-state index in [2.05, 4.69) is 20.6 Å². The van der Waals surface area contributed by atoms with Crippen LogP contribution in [0.4, 0.5) is 17.5 Å². The van der Waals surface area contributed by atoms with Gasteiger partial charge in [0.25, 0.3) is 5.91 Å². The Balaban J connectivity index is 1.81. The number of nitrogens with zero attached hydrogens (tertiary/aromatic N) is 3. The SMILES string of the molecule is CNc1nc(Nc2ccc(C(=O)N3CCOCC3)c(OC)c2)ncc1Cl. The molecule has 0 radical (unpaired) electrons. The first-order chi connectivity index (χ1) is 12.6. The molecule has 1 fully saturated rings. The molecule has 138 valence electrons. The Morgan fingerprint density at radius 2 is 2.12 bits per heavy atom. The molecule has 2 aromatic rings. The van der Waals surface area contributed by atoms with Crippen LogP contribution in [0.5, 0.6) is 5.75 Å². The predicted octanol–water partition coefficient (Wildman–Crippen LogP) is 2.40. The molecule has 1 aliphatic rings. The van der Waals surface area contributed by atoms with Gasteiger partial charge in [-0.1, -0.05) is 11.6 Å². The summed E-state index contributed by atoms with van der Waals surface area (Å²) in [5.74, 6) is 1.31. The molecule has 9 heteroatoms. The number of carbonyl (C=O) groups is 1. The monoisotopic (exact) mass is 377 g/mol. The van der Waals surface area contributed by atoms with Crippen molar-refractivity contribution in [2.24, 2.45) is 0 Å². The summed E-state index contributed by atoms with van der Waals surface area (Å²) in [4.78, 5) is 22.9. The maximum Gasteiger partial charge on any atom is 0.257 e. The van der Waals surface area contributed by atoms with Crippen molar-refractivity contribution in [3.8, 4) is 5.75 Å². The van der Waals surface area contributed by atoms with Crippen LogP contribution in [0.3, 0.4) is 0 Å². The lowest BCUT2D eigenvalue weighted by Gasteiger charge is -2.27. The van der Waals surface area contributed by atoms with E-state index < -0.39 is 0 Å². The fraction of sp³-hybridized carbons (Fsp3) is 0.353. The summed E-state index contributed by atoms with van der Waals surface area (Å²) in [5.41, 5.74) is 1.21. The van der Waals surface area contributed by atoms with E-state index in [0.29, 0.717) is 60.1 Å². The molecular formula is C17H20ClN5O3. The first-order valence-corrected chi connectivity index (χ1v) is 8.52. The molecule has 0 atom stereocenters. The number of carbonyl (C=O) groups excluding carboxylic acids is 1. The molecule has 26 heavy (non-hydrogen) atoms. The lowest BCUT2D eigenvalue weighted by atomic mass is 10.1. The Bertz CT molecular complexity index is 796. The number of amides is 1. The van der Waals surface area contributed by atoms with Crippen molar-refractivity contribution in [2.75, 3.05) is 51.1 Å². The summed E-state index contributed by atoms with van der Waals surface area (Å²) < 4.78 is 10.7. The van der Waals surface area contributed by atoms with Crippen LogP contribution in [-0.4, -0.2) is 61.2 Å². The largest absolute Gasteiger partial charge is 0.496 e. The normalized spacial score (nSPS) is 14.0. The molecule has 2 heterocycles. The van der Waals surface area contributed by atoms with Crippen LogP contribution >= 0.6 is 11.6 Å². The number of hydrogen-bond donors (Lipinski definition) is 2. The minimum Gasteiger partial charge on any atom is -0.496 e. The number of halogens is 1. The number of aromatic nitrogens is 2.